The standard InChI is InChI=1S/C16H21N3OS/c1-12-16(21-11-18-12)10-19-8-7-17-9-14(19)13-5-3-4-6-15(13)20-2/h3-6,11,14,17H,7-10H2,1-2H3/t14-/m1/s1. The lowest BCUT2D eigenvalue weighted by Gasteiger charge is -2.36. The fourth-order valence-electron chi connectivity index (χ4n) is 2.85. The number of para-hydroxylation sites is 1. The Hall–Kier alpha value is -1.43. The molecule has 2 aromatic rings. The SMILES string of the molecule is COc1ccccc1[C@H]1CNCCN1Cc1scnc1C. The Morgan fingerprint density at radius 2 is 2.29 bits per heavy atom. The third-order valence-electron chi connectivity index (χ3n) is 4.04. The minimum atomic E-state index is 0.344. The lowest BCUT2D eigenvalue weighted by molar-refractivity contribution is 0.152. The molecule has 0 spiro atoms. The first-order chi connectivity index (χ1) is 10.3. The number of benzene rings is 1. The van der Waals surface area contributed by atoms with E-state index in [4.69, 9.17) is 4.74 Å². The third kappa shape index (κ3) is 3.10. The molecule has 1 aromatic carbocycles. The van der Waals surface area contributed by atoms with Crippen molar-refractivity contribution in [3.05, 3.63) is 45.9 Å². The van der Waals surface area contributed by atoms with Crippen LogP contribution in [0.15, 0.2) is 29.8 Å². The number of piperazine rings is 1. The molecule has 0 radical (unpaired) electrons. The summed E-state index contributed by atoms with van der Waals surface area (Å²) in [4.78, 5) is 8.25. The number of nitrogens with one attached hydrogen (secondary N) is 1. The van der Waals surface area contributed by atoms with Gasteiger partial charge < -0.3 is 10.1 Å². The average Bonchev–Trinajstić information content (AvgIpc) is 2.93. The molecule has 1 saturated heterocycles. The summed E-state index contributed by atoms with van der Waals surface area (Å²) in [5.41, 5.74) is 4.34. The molecule has 21 heavy (non-hydrogen) atoms. The summed E-state index contributed by atoms with van der Waals surface area (Å²) >= 11 is 1.75. The molecule has 2 heterocycles. The Labute approximate surface area is 129 Å². The number of methoxy groups -OCH3 is 1. The van der Waals surface area contributed by atoms with Gasteiger partial charge in [0, 0.05) is 36.6 Å². The first-order valence-corrected chi connectivity index (χ1v) is 8.14. The molecule has 112 valence electrons. The smallest absolute Gasteiger partial charge is 0.123 e. The van der Waals surface area contributed by atoms with Crippen LogP contribution in [0.4, 0.5) is 0 Å². The highest BCUT2D eigenvalue weighted by atomic mass is 32.1. The highest BCUT2D eigenvalue weighted by Crippen LogP contribution is 2.31. The molecule has 1 aromatic heterocycles. The number of thiazole rings is 1. The summed E-state index contributed by atoms with van der Waals surface area (Å²) in [5, 5.41) is 3.50. The summed E-state index contributed by atoms with van der Waals surface area (Å²) in [6.07, 6.45) is 0. The van der Waals surface area contributed by atoms with Crippen LogP contribution in [0.2, 0.25) is 0 Å². The Balaban J connectivity index is 1.86. The van der Waals surface area contributed by atoms with Gasteiger partial charge in [0.1, 0.15) is 5.75 Å². The lowest BCUT2D eigenvalue weighted by atomic mass is 10.0. The number of hydrogen-bond acceptors (Lipinski definition) is 5. The predicted molar refractivity (Wildman–Crippen MR) is 85.9 cm³/mol. The second-order valence-corrected chi connectivity index (χ2v) is 6.23. The molecule has 4 nitrogen and oxygen atoms in total. The van der Waals surface area contributed by atoms with Crippen molar-refractivity contribution in [3.63, 3.8) is 0 Å². The molecule has 1 N–H and O–H groups in total. The van der Waals surface area contributed by atoms with E-state index >= 15 is 0 Å². The van der Waals surface area contributed by atoms with E-state index in [9.17, 15) is 0 Å². The van der Waals surface area contributed by atoms with Crippen molar-refractivity contribution in [1.29, 1.82) is 0 Å². The van der Waals surface area contributed by atoms with Crippen LogP contribution >= 0.6 is 11.3 Å². The molecular formula is C16H21N3OS. The zero-order valence-electron chi connectivity index (χ0n) is 12.5. The van der Waals surface area contributed by atoms with Gasteiger partial charge in [-0.2, -0.15) is 0 Å². The van der Waals surface area contributed by atoms with Crippen molar-refractivity contribution in [3.8, 4) is 5.75 Å². The number of hydrogen-bond donors (Lipinski definition) is 1. The minimum absolute atomic E-state index is 0.344. The van der Waals surface area contributed by atoms with Crippen LogP contribution in [0.3, 0.4) is 0 Å². The molecular weight excluding hydrogens is 282 g/mol. The Kier molecular flexibility index (Phi) is 4.53. The molecule has 0 amide bonds. The van der Waals surface area contributed by atoms with Gasteiger partial charge in [-0.3, -0.25) is 4.90 Å². The van der Waals surface area contributed by atoms with Crippen molar-refractivity contribution < 1.29 is 4.74 Å². The molecule has 0 aliphatic carbocycles. The van der Waals surface area contributed by atoms with E-state index in [0.717, 1.165) is 37.6 Å². The lowest BCUT2D eigenvalue weighted by Crippen LogP contribution is -2.45. The number of ether oxygens (including phenoxy) is 1. The fraction of sp³-hybridized carbons (Fsp3) is 0.438. The number of rotatable bonds is 4. The zero-order valence-corrected chi connectivity index (χ0v) is 13.3. The first kappa shape index (κ1) is 14.5. The highest BCUT2D eigenvalue weighted by Gasteiger charge is 2.26. The van der Waals surface area contributed by atoms with E-state index in [0.29, 0.717) is 6.04 Å². The molecule has 1 aliphatic rings. The summed E-state index contributed by atoms with van der Waals surface area (Å²) < 4.78 is 5.54. The van der Waals surface area contributed by atoms with Crippen LogP contribution in [-0.4, -0.2) is 36.6 Å². The summed E-state index contributed by atoms with van der Waals surface area (Å²) in [6, 6.07) is 8.67. The van der Waals surface area contributed by atoms with Gasteiger partial charge in [0.05, 0.1) is 24.4 Å². The van der Waals surface area contributed by atoms with Gasteiger partial charge >= 0.3 is 0 Å². The van der Waals surface area contributed by atoms with Crippen molar-refractivity contribution in [2.24, 2.45) is 0 Å². The van der Waals surface area contributed by atoms with Crippen molar-refractivity contribution >= 4 is 11.3 Å². The second-order valence-electron chi connectivity index (χ2n) is 5.29. The van der Waals surface area contributed by atoms with E-state index in [1.54, 1.807) is 18.4 Å². The average molecular weight is 303 g/mol. The molecule has 0 bridgehead atoms. The Bertz CT molecular complexity index is 599. The monoisotopic (exact) mass is 303 g/mol. The maximum atomic E-state index is 5.54. The Morgan fingerprint density at radius 1 is 1.43 bits per heavy atom. The topological polar surface area (TPSA) is 37.4 Å². The molecule has 0 saturated carbocycles. The third-order valence-corrected chi connectivity index (χ3v) is 4.96. The van der Waals surface area contributed by atoms with Crippen LogP contribution in [0, 0.1) is 6.92 Å². The van der Waals surface area contributed by atoms with Gasteiger partial charge in [0.2, 0.25) is 0 Å². The number of nitrogens with zero attached hydrogens (tertiary/aromatic N) is 2. The summed E-state index contributed by atoms with van der Waals surface area (Å²) in [7, 11) is 1.74. The van der Waals surface area contributed by atoms with Crippen LogP contribution in [0.25, 0.3) is 0 Å². The van der Waals surface area contributed by atoms with E-state index in [2.05, 4.69) is 34.3 Å². The number of aryl methyl sites for hydroxylation is 1. The van der Waals surface area contributed by atoms with Gasteiger partial charge in [0.15, 0.2) is 0 Å². The number of aromatic nitrogens is 1. The zero-order chi connectivity index (χ0) is 14.7. The van der Waals surface area contributed by atoms with E-state index < -0.39 is 0 Å². The maximum Gasteiger partial charge on any atom is 0.123 e. The van der Waals surface area contributed by atoms with Crippen molar-refractivity contribution in [2.45, 2.75) is 19.5 Å². The molecule has 1 aliphatic heterocycles. The van der Waals surface area contributed by atoms with E-state index in [1.807, 2.05) is 17.6 Å². The molecule has 0 unspecified atom stereocenters. The molecule has 1 fully saturated rings. The predicted octanol–water partition coefficient (Wildman–Crippen LogP) is 2.61. The van der Waals surface area contributed by atoms with Crippen molar-refractivity contribution in [1.82, 2.24) is 15.2 Å². The van der Waals surface area contributed by atoms with Crippen LogP contribution in [0.5, 0.6) is 5.75 Å². The van der Waals surface area contributed by atoms with Gasteiger partial charge in [0.25, 0.3) is 0 Å². The second kappa shape index (κ2) is 6.56. The molecule has 5 heteroatoms. The van der Waals surface area contributed by atoms with Crippen LogP contribution in [0.1, 0.15) is 22.2 Å². The normalized spacial score (nSPS) is 19.6. The van der Waals surface area contributed by atoms with Gasteiger partial charge in [-0.15, -0.1) is 11.3 Å². The summed E-state index contributed by atoms with van der Waals surface area (Å²) in [6.45, 7) is 6.08. The largest absolute Gasteiger partial charge is 0.496 e. The van der Waals surface area contributed by atoms with Gasteiger partial charge in [-0.05, 0) is 13.0 Å². The van der Waals surface area contributed by atoms with Gasteiger partial charge in [-0.25, -0.2) is 4.98 Å². The molecule has 3 rings (SSSR count). The first-order valence-electron chi connectivity index (χ1n) is 7.26. The molecule has 1 atom stereocenters. The van der Waals surface area contributed by atoms with Crippen molar-refractivity contribution in [2.75, 3.05) is 26.7 Å². The Morgan fingerprint density at radius 3 is 3.05 bits per heavy atom. The van der Waals surface area contributed by atoms with Crippen LogP contribution < -0.4 is 10.1 Å². The van der Waals surface area contributed by atoms with E-state index in [1.165, 1.54) is 10.4 Å². The quantitative estimate of drug-likeness (QED) is 0.942. The van der Waals surface area contributed by atoms with Gasteiger partial charge in [-0.1, -0.05) is 18.2 Å². The fourth-order valence-corrected chi connectivity index (χ4v) is 3.65. The highest BCUT2D eigenvalue weighted by molar-refractivity contribution is 7.09. The van der Waals surface area contributed by atoms with Crippen LogP contribution in [-0.2, 0) is 6.54 Å². The summed E-state index contributed by atoms with van der Waals surface area (Å²) in [5.74, 6) is 0.970. The van der Waals surface area contributed by atoms with E-state index in [-0.39, 0.29) is 0 Å². The maximum absolute atomic E-state index is 5.54. The minimum Gasteiger partial charge on any atom is -0.496 e.